The Balaban J connectivity index is 1.58. The van der Waals surface area contributed by atoms with Gasteiger partial charge in [-0.2, -0.15) is 0 Å². The minimum Gasteiger partial charge on any atom is -0.330 e. The lowest BCUT2D eigenvalue weighted by Crippen LogP contribution is -2.51. The molecule has 1 fully saturated rings. The maximum Gasteiger partial charge on any atom is 0.303 e. The molecule has 2 aliphatic rings. The second kappa shape index (κ2) is 8.41. The molecule has 158 valence electrons. The van der Waals surface area contributed by atoms with Crippen molar-refractivity contribution in [3.05, 3.63) is 64.5 Å². The molecule has 2 aromatic carbocycles. The number of nitro groups is 1. The summed E-state index contributed by atoms with van der Waals surface area (Å²) in [6.07, 6.45) is 5.84. The molecule has 6 N–H and O–H groups in total. The summed E-state index contributed by atoms with van der Waals surface area (Å²) in [5, 5.41) is 20.0. The van der Waals surface area contributed by atoms with Crippen molar-refractivity contribution < 1.29 is 4.92 Å². The average molecular weight is 409 g/mol. The van der Waals surface area contributed by atoms with Gasteiger partial charge in [-0.3, -0.25) is 15.8 Å². The van der Waals surface area contributed by atoms with Crippen LogP contribution in [0, 0.1) is 22.0 Å². The summed E-state index contributed by atoms with van der Waals surface area (Å²) < 4.78 is 0. The van der Waals surface area contributed by atoms with Crippen molar-refractivity contribution in [2.45, 2.75) is 37.8 Å². The van der Waals surface area contributed by atoms with Crippen LogP contribution < -0.4 is 22.1 Å². The molecular formula is C22H28N6O2. The van der Waals surface area contributed by atoms with E-state index in [0.717, 1.165) is 42.1 Å². The topological polar surface area (TPSA) is 132 Å². The summed E-state index contributed by atoms with van der Waals surface area (Å²) in [6, 6.07) is 13.9. The van der Waals surface area contributed by atoms with Crippen LogP contribution in [0.2, 0.25) is 0 Å². The van der Waals surface area contributed by atoms with Gasteiger partial charge in [0.05, 0.1) is 11.1 Å². The largest absolute Gasteiger partial charge is 0.330 e. The van der Waals surface area contributed by atoms with Crippen molar-refractivity contribution >= 4 is 22.4 Å². The Bertz CT molecular complexity index is 991. The highest BCUT2D eigenvalue weighted by molar-refractivity contribution is 6.04. The zero-order chi connectivity index (χ0) is 21.1. The zero-order valence-electron chi connectivity index (χ0n) is 16.9. The van der Waals surface area contributed by atoms with Crippen molar-refractivity contribution in [3.63, 3.8) is 0 Å². The Morgan fingerprint density at radius 2 is 1.83 bits per heavy atom. The van der Waals surface area contributed by atoms with E-state index in [1.54, 1.807) is 0 Å². The fourth-order valence-electron chi connectivity index (χ4n) is 4.55. The molecule has 8 heteroatoms. The number of fused-ring (bicyclic) bond motifs is 1. The van der Waals surface area contributed by atoms with Crippen LogP contribution in [0.3, 0.4) is 0 Å². The summed E-state index contributed by atoms with van der Waals surface area (Å²) in [7, 11) is 0. The number of guanidine groups is 1. The fraction of sp³-hybridized carbons (Fsp3) is 0.409. The minimum atomic E-state index is -1.37. The number of nitrogens with zero attached hydrogens (tertiary/aromatic N) is 2. The summed E-state index contributed by atoms with van der Waals surface area (Å²) in [5.41, 5.74) is 11.7. The van der Waals surface area contributed by atoms with Gasteiger partial charge in [-0.1, -0.05) is 36.4 Å². The number of hydrogen-bond acceptors (Lipinski definition) is 7. The quantitative estimate of drug-likeness (QED) is 0.444. The molecule has 0 saturated heterocycles. The van der Waals surface area contributed by atoms with E-state index in [4.69, 9.17) is 11.5 Å². The van der Waals surface area contributed by atoms with Crippen LogP contribution in [-0.2, 0) is 0 Å². The van der Waals surface area contributed by atoms with E-state index in [1.165, 1.54) is 6.20 Å². The third-order valence-corrected chi connectivity index (χ3v) is 6.24. The van der Waals surface area contributed by atoms with Crippen LogP contribution >= 0.6 is 0 Å². The van der Waals surface area contributed by atoms with Crippen molar-refractivity contribution in [1.82, 2.24) is 5.32 Å². The van der Waals surface area contributed by atoms with E-state index in [-0.39, 0.29) is 5.70 Å². The molecule has 0 bridgehead atoms. The van der Waals surface area contributed by atoms with Crippen LogP contribution in [0.1, 0.15) is 32.1 Å². The van der Waals surface area contributed by atoms with Crippen molar-refractivity contribution in [1.29, 1.82) is 0 Å². The van der Waals surface area contributed by atoms with Crippen molar-refractivity contribution in [2.75, 3.05) is 11.9 Å². The standard InChI is InChI=1S/C22H28N6O2/c23-13-16-10-8-15(9-11-16)12-22(24)20(28(29)30)14-25-21(27-22)26-19-7-3-5-17-4-1-2-6-18(17)19/h1-7,14-16H,8-13,23-24H2,(H2,25,26,27). The van der Waals surface area contributed by atoms with Gasteiger partial charge in [0.15, 0.2) is 0 Å². The number of hydrogen-bond donors (Lipinski definition) is 4. The van der Waals surface area contributed by atoms with Gasteiger partial charge in [0, 0.05) is 11.1 Å². The van der Waals surface area contributed by atoms with Gasteiger partial charge in [0.25, 0.3) is 0 Å². The normalized spacial score (nSPS) is 26.5. The first-order chi connectivity index (χ1) is 14.5. The first kappa shape index (κ1) is 20.3. The molecule has 0 amide bonds. The van der Waals surface area contributed by atoms with Crippen LogP contribution in [0.25, 0.3) is 10.8 Å². The van der Waals surface area contributed by atoms with Gasteiger partial charge in [0.1, 0.15) is 0 Å². The minimum absolute atomic E-state index is 0.105. The highest BCUT2D eigenvalue weighted by Gasteiger charge is 2.44. The lowest BCUT2D eigenvalue weighted by molar-refractivity contribution is -0.436. The lowest BCUT2D eigenvalue weighted by atomic mass is 9.77. The van der Waals surface area contributed by atoms with Gasteiger partial charge in [0.2, 0.25) is 11.6 Å². The number of benzene rings is 2. The van der Waals surface area contributed by atoms with Crippen molar-refractivity contribution in [3.8, 4) is 0 Å². The third kappa shape index (κ3) is 4.15. The molecule has 0 spiro atoms. The first-order valence-corrected chi connectivity index (χ1v) is 10.4. The molecule has 0 aromatic heterocycles. The summed E-state index contributed by atoms with van der Waals surface area (Å²) in [6.45, 7) is 0.696. The Hall–Kier alpha value is -2.97. The smallest absolute Gasteiger partial charge is 0.303 e. The Labute approximate surface area is 175 Å². The van der Waals surface area contributed by atoms with Crippen molar-refractivity contribution in [2.24, 2.45) is 28.3 Å². The number of nitrogens with one attached hydrogen (secondary N) is 2. The molecule has 1 aliphatic carbocycles. The summed E-state index contributed by atoms with van der Waals surface area (Å²) in [4.78, 5) is 15.8. The maximum atomic E-state index is 11.7. The molecule has 30 heavy (non-hydrogen) atoms. The Kier molecular flexibility index (Phi) is 5.69. The fourth-order valence-corrected chi connectivity index (χ4v) is 4.55. The number of nitrogens with two attached hydrogens (primary N) is 2. The van der Waals surface area contributed by atoms with Gasteiger partial charge >= 0.3 is 5.70 Å². The molecule has 1 aliphatic heterocycles. The van der Waals surface area contributed by atoms with Gasteiger partial charge in [-0.15, -0.1) is 0 Å². The van der Waals surface area contributed by atoms with Gasteiger partial charge in [-0.05, 0) is 61.9 Å². The predicted molar refractivity (Wildman–Crippen MR) is 119 cm³/mol. The first-order valence-electron chi connectivity index (χ1n) is 10.4. The van der Waals surface area contributed by atoms with E-state index >= 15 is 0 Å². The maximum absolute atomic E-state index is 11.7. The second-order valence-electron chi connectivity index (χ2n) is 8.29. The molecule has 0 radical (unpaired) electrons. The van der Waals surface area contributed by atoms with E-state index < -0.39 is 10.6 Å². The van der Waals surface area contributed by atoms with E-state index in [1.807, 2.05) is 42.5 Å². The van der Waals surface area contributed by atoms with Crippen LogP contribution in [0.4, 0.5) is 5.69 Å². The second-order valence-corrected chi connectivity index (χ2v) is 8.29. The third-order valence-electron chi connectivity index (χ3n) is 6.24. The predicted octanol–water partition coefficient (Wildman–Crippen LogP) is 3.14. The highest BCUT2D eigenvalue weighted by Crippen LogP contribution is 2.36. The monoisotopic (exact) mass is 408 g/mol. The lowest BCUT2D eigenvalue weighted by Gasteiger charge is -2.34. The number of rotatable bonds is 5. The molecule has 1 unspecified atom stereocenters. The van der Waals surface area contributed by atoms with Crippen LogP contribution in [0.5, 0.6) is 0 Å². The summed E-state index contributed by atoms with van der Waals surface area (Å²) >= 11 is 0. The molecule has 8 nitrogen and oxygen atoms in total. The van der Waals surface area contributed by atoms with E-state index in [9.17, 15) is 10.1 Å². The van der Waals surface area contributed by atoms with Gasteiger partial charge in [-0.25, -0.2) is 4.99 Å². The molecule has 2 aromatic rings. The van der Waals surface area contributed by atoms with E-state index in [0.29, 0.717) is 30.8 Å². The highest BCUT2D eigenvalue weighted by atomic mass is 16.6. The number of aliphatic imine (C=N–C) groups is 1. The van der Waals surface area contributed by atoms with E-state index in [2.05, 4.69) is 15.6 Å². The molecule has 1 saturated carbocycles. The van der Waals surface area contributed by atoms with Crippen LogP contribution in [0.15, 0.2) is 59.4 Å². The Morgan fingerprint density at radius 3 is 2.57 bits per heavy atom. The number of anilines is 1. The van der Waals surface area contributed by atoms with Crippen LogP contribution in [-0.4, -0.2) is 23.1 Å². The average Bonchev–Trinajstić information content (AvgIpc) is 2.74. The summed E-state index contributed by atoms with van der Waals surface area (Å²) in [5.74, 6) is 1.25. The molecule has 1 heterocycles. The SMILES string of the molecule is NCC1CCC(CC2(N)N=C(Nc3cccc4ccccc34)NC=C2[N+](=O)[O-])CC1. The molecular weight excluding hydrogens is 380 g/mol. The zero-order valence-corrected chi connectivity index (χ0v) is 16.9. The van der Waals surface area contributed by atoms with Gasteiger partial charge < -0.3 is 16.4 Å². The Morgan fingerprint density at radius 1 is 1.13 bits per heavy atom. The molecule has 1 atom stereocenters. The molecule has 4 rings (SSSR count).